The summed E-state index contributed by atoms with van der Waals surface area (Å²) < 4.78 is 0. The normalized spacial score (nSPS) is 15.6. The summed E-state index contributed by atoms with van der Waals surface area (Å²) in [5.74, 6) is -0.165. The fourth-order valence-electron chi connectivity index (χ4n) is 4.49. The van der Waals surface area contributed by atoms with Gasteiger partial charge in [0.15, 0.2) is 5.78 Å². The second-order valence-electron chi connectivity index (χ2n) is 8.69. The van der Waals surface area contributed by atoms with Crippen LogP contribution in [0.15, 0.2) is 53.5 Å². The van der Waals surface area contributed by atoms with Crippen LogP contribution >= 0.6 is 11.3 Å². The van der Waals surface area contributed by atoms with Crippen molar-refractivity contribution in [3.63, 3.8) is 0 Å². The van der Waals surface area contributed by atoms with Gasteiger partial charge in [0, 0.05) is 21.6 Å². The van der Waals surface area contributed by atoms with Gasteiger partial charge in [-0.2, -0.15) is 0 Å². The van der Waals surface area contributed by atoms with Crippen LogP contribution in [0.3, 0.4) is 0 Å². The number of carbonyl (C=O) groups is 2. The average molecular weight is 443 g/mol. The molecule has 0 radical (unpaired) electrons. The van der Waals surface area contributed by atoms with Crippen molar-refractivity contribution >= 4 is 33.7 Å². The van der Waals surface area contributed by atoms with Gasteiger partial charge in [-0.15, -0.1) is 11.3 Å². The highest BCUT2D eigenvalue weighted by Gasteiger charge is 2.33. The van der Waals surface area contributed by atoms with Crippen LogP contribution in [-0.2, 0) is 17.6 Å². The van der Waals surface area contributed by atoms with E-state index in [1.807, 2.05) is 31.2 Å². The monoisotopic (exact) mass is 442 g/mol. The maximum atomic E-state index is 13.2. The molecule has 2 heterocycles. The molecule has 1 aliphatic carbocycles. The lowest BCUT2D eigenvalue weighted by molar-refractivity contribution is -0.117. The Balaban J connectivity index is 1.59. The molecule has 0 spiro atoms. The van der Waals surface area contributed by atoms with Crippen molar-refractivity contribution in [1.29, 1.82) is 0 Å². The Bertz CT molecular complexity index is 1220. The van der Waals surface area contributed by atoms with Gasteiger partial charge < -0.3 is 0 Å². The Morgan fingerprint density at radius 2 is 1.62 bits per heavy atom. The third-order valence-electron chi connectivity index (χ3n) is 6.31. The zero-order valence-corrected chi connectivity index (χ0v) is 19.3. The molecule has 32 heavy (non-hydrogen) atoms. The molecule has 3 aromatic rings. The molecular weight excluding hydrogens is 416 g/mol. The van der Waals surface area contributed by atoms with Gasteiger partial charge in [-0.1, -0.05) is 59.7 Å². The number of rotatable bonds is 4. The molecule has 5 heteroatoms. The molecule has 1 amide bonds. The molecule has 2 aliphatic rings. The fourth-order valence-corrected chi connectivity index (χ4v) is 5.90. The molecule has 0 saturated carbocycles. The predicted molar refractivity (Wildman–Crippen MR) is 131 cm³/mol. The quantitative estimate of drug-likeness (QED) is 0.514. The molecule has 0 saturated heterocycles. The minimum absolute atomic E-state index is 0.0466. The maximum Gasteiger partial charge on any atom is 0.249 e. The van der Waals surface area contributed by atoms with Crippen LogP contribution in [0.4, 0.5) is 5.00 Å². The Labute approximate surface area is 192 Å². The van der Waals surface area contributed by atoms with Gasteiger partial charge >= 0.3 is 0 Å². The van der Waals surface area contributed by atoms with Crippen molar-refractivity contribution < 1.29 is 9.59 Å². The number of aliphatic imine (C=N–C) groups is 1. The Morgan fingerprint density at radius 3 is 2.34 bits per heavy atom. The first-order chi connectivity index (χ1) is 15.5. The van der Waals surface area contributed by atoms with Crippen LogP contribution in [0.5, 0.6) is 0 Å². The van der Waals surface area contributed by atoms with Crippen molar-refractivity contribution in [1.82, 2.24) is 0 Å². The highest BCUT2D eigenvalue weighted by Crippen LogP contribution is 2.42. The third-order valence-corrected chi connectivity index (χ3v) is 7.62. The number of fused-ring (bicyclic) bond motifs is 3. The lowest BCUT2D eigenvalue weighted by atomic mass is 9.91. The summed E-state index contributed by atoms with van der Waals surface area (Å²) >= 11 is 1.68. The smallest absolute Gasteiger partial charge is 0.249 e. The second kappa shape index (κ2) is 8.47. The van der Waals surface area contributed by atoms with E-state index in [0.29, 0.717) is 5.56 Å². The lowest BCUT2D eigenvalue weighted by Gasteiger charge is -2.20. The SMILES string of the molecule is Cc1ccc(C(=O)CN2C(=O)CN=C(c3ccc(C)cc3)c3c2sc2c3CCCC2)cc1. The zero-order chi connectivity index (χ0) is 22.2. The van der Waals surface area contributed by atoms with Gasteiger partial charge in [0.2, 0.25) is 5.91 Å². The van der Waals surface area contributed by atoms with Crippen LogP contribution in [0.25, 0.3) is 0 Å². The molecule has 0 fully saturated rings. The largest absolute Gasteiger partial charge is 0.294 e. The summed E-state index contributed by atoms with van der Waals surface area (Å²) in [6.45, 7) is 4.17. The maximum absolute atomic E-state index is 13.2. The summed E-state index contributed by atoms with van der Waals surface area (Å²) in [6, 6.07) is 15.9. The van der Waals surface area contributed by atoms with Gasteiger partial charge in [-0.05, 0) is 45.1 Å². The van der Waals surface area contributed by atoms with Crippen LogP contribution in [-0.4, -0.2) is 30.5 Å². The lowest BCUT2D eigenvalue weighted by Crippen LogP contribution is -2.36. The number of anilines is 1. The van der Waals surface area contributed by atoms with E-state index in [2.05, 4.69) is 31.2 Å². The zero-order valence-electron chi connectivity index (χ0n) is 18.5. The molecule has 1 aliphatic heterocycles. The van der Waals surface area contributed by atoms with E-state index >= 15 is 0 Å². The number of carbonyl (C=O) groups excluding carboxylic acids is 2. The van der Waals surface area contributed by atoms with Crippen LogP contribution in [0, 0.1) is 13.8 Å². The number of benzene rings is 2. The minimum Gasteiger partial charge on any atom is -0.294 e. The first-order valence-corrected chi connectivity index (χ1v) is 12.0. The Hall–Kier alpha value is -3.05. The molecule has 4 nitrogen and oxygen atoms in total. The van der Waals surface area contributed by atoms with E-state index in [-0.39, 0.29) is 24.8 Å². The van der Waals surface area contributed by atoms with Crippen molar-refractivity contribution in [3.05, 3.63) is 86.8 Å². The van der Waals surface area contributed by atoms with Gasteiger partial charge in [0.25, 0.3) is 0 Å². The summed E-state index contributed by atoms with van der Waals surface area (Å²) in [5.41, 5.74) is 7.23. The second-order valence-corrected chi connectivity index (χ2v) is 9.77. The average Bonchev–Trinajstić information content (AvgIpc) is 3.12. The molecule has 0 bridgehead atoms. The number of aryl methyl sites for hydroxylation is 3. The topological polar surface area (TPSA) is 49.7 Å². The first-order valence-electron chi connectivity index (χ1n) is 11.2. The number of hydrogen-bond acceptors (Lipinski definition) is 4. The number of nitrogens with zero attached hydrogens (tertiary/aromatic N) is 2. The van der Waals surface area contributed by atoms with E-state index in [4.69, 9.17) is 4.99 Å². The molecule has 2 aromatic carbocycles. The van der Waals surface area contributed by atoms with E-state index in [0.717, 1.165) is 46.7 Å². The van der Waals surface area contributed by atoms with Crippen molar-refractivity contribution in [2.45, 2.75) is 39.5 Å². The van der Waals surface area contributed by atoms with Gasteiger partial charge in [-0.3, -0.25) is 19.5 Å². The molecule has 162 valence electrons. The number of hydrogen-bond donors (Lipinski definition) is 0. The van der Waals surface area contributed by atoms with Crippen LogP contribution in [0.1, 0.15) is 55.9 Å². The summed E-state index contributed by atoms with van der Waals surface area (Å²) in [5, 5.41) is 0.888. The first kappa shape index (κ1) is 20.8. The highest BCUT2D eigenvalue weighted by atomic mass is 32.1. The van der Waals surface area contributed by atoms with Gasteiger partial charge in [0.05, 0.1) is 12.3 Å². The predicted octanol–water partition coefficient (Wildman–Crippen LogP) is 5.31. The van der Waals surface area contributed by atoms with Crippen LogP contribution < -0.4 is 4.90 Å². The van der Waals surface area contributed by atoms with E-state index in [1.54, 1.807) is 16.2 Å². The Kier molecular flexibility index (Phi) is 5.51. The molecule has 0 unspecified atom stereocenters. The Morgan fingerprint density at radius 1 is 0.969 bits per heavy atom. The summed E-state index contributed by atoms with van der Waals surface area (Å²) in [7, 11) is 0. The van der Waals surface area contributed by atoms with E-state index in [1.165, 1.54) is 22.4 Å². The minimum atomic E-state index is -0.118. The van der Waals surface area contributed by atoms with Crippen LogP contribution in [0.2, 0.25) is 0 Å². The third kappa shape index (κ3) is 3.82. The highest BCUT2D eigenvalue weighted by molar-refractivity contribution is 7.17. The number of thiophene rings is 1. The molecule has 1 aromatic heterocycles. The number of amides is 1. The van der Waals surface area contributed by atoms with Crippen molar-refractivity contribution in [2.24, 2.45) is 4.99 Å². The van der Waals surface area contributed by atoms with E-state index < -0.39 is 0 Å². The summed E-state index contributed by atoms with van der Waals surface area (Å²) in [6.07, 6.45) is 4.34. The summed E-state index contributed by atoms with van der Waals surface area (Å²) in [4.78, 5) is 34.1. The standard InChI is InChI=1S/C27H26N2O2S/c1-17-7-11-19(12-8-17)22(30)16-29-24(31)15-28-26(20-13-9-18(2)10-14-20)25-21-5-3-4-6-23(21)32-27(25)29/h7-14H,3-6,15-16H2,1-2H3. The van der Waals surface area contributed by atoms with E-state index in [9.17, 15) is 9.59 Å². The van der Waals surface area contributed by atoms with Crippen molar-refractivity contribution in [2.75, 3.05) is 18.0 Å². The van der Waals surface area contributed by atoms with Gasteiger partial charge in [-0.25, -0.2) is 0 Å². The molecular formula is C27H26N2O2S. The van der Waals surface area contributed by atoms with Gasteiger partial charge in [0.1, 0.15) is 11.5 Å². The number of ketones is 1. The number of Topliss-reactive ketones (excluding diaryl/α,β-unsaturated/α-hetero) is 1. The molecule has 0 atom stereocenters. The van der Waals surface area contributed by atoms with Crippen molar-refractivity contribution in [3.8, 4) is 0 Å². The molecule has 0 N–H and O–H groups in total. The molecule has 5 rings (SSSR count). The fraction of sp³-hybridized carbons (Fsp3) is 0.296.